The van der Waals surface area contributed by atoms with Gasteiger partial charge in [-0.15, -0.1) is 0 Å². The Morgan fingerprint density at radius 1 is 0.905 bits per heavy atom. The number of carbonyl (C=O) groups is 3. The highest BCUT2D eigenvalue weighted by Gasteiger charge is 2.13. The number of benzene rings is 1. The van der Waals surface area contributed by atoms with E-state index in [9.17, 15) is 14.4 Å². The molecule has 0 radical (unpaired) electrons. The lowest BCUT2D eigenvalue weighted by molar-refractivity contribution is -0.140. The smallest absolute Gasteiger partial charge is 0.337 e. The lowest BCUT2D eigenvalue weighted by Crippen LogP contribution is -2.12. The summed E-state index contributed by atoms with van der Waals surface area (Å²) >= 11 is 0. The van der Waals surface area contributed by atoms with E-state index in [2.05, 4.69) is 19.5 Å². The number of carbonyl (C=O) groups excluding carboxylic acids is 3. The van der Waals surface area contributed by atoms with E-state index in [1.807, 2.05) is 0 Å². The lowest BCUT2D eigenvalue weighted by atomic mass is 10.1. The Morgan fingerprint density at radius 3 is 1.86 bits per heavy atom. The first-order chi connectivity index (χ1) is 10.0. The molecule has 0 aliphatic carbocycles. The van der Waals surface area contributed by atoms with Crippen molar-refractivity contribution in [1.29, 1.82) is 0 Å². The molecule has 21 heavy (non-hydrogen) atoms. The molecule has 0 fully saturated rings. The van der Waals surface area contributed by atoms with Gasteiger partial charge in [0.25, 0.3) is 0 Å². The van der Waals surface area contributed by atoms with Gasteiger partial charge in [-0.25, -0.2) is 9.59 Å². The van der Waals surface area contributed by atoms with E-state index < -0.39 is 11.9 Å². The van der Waals surface area contributed by atoms with Crippen LogP contribution in [0.5, 0.6) is 0 Å². The third-order valence-electron chi connectivity index (χ3n) is 2.66. The van der Waals surface area contributed by atoms with Gasteiger partial charge in [0.2, 0.25) is 0 Å². The molecular formula is C14H17NO6. The first-order valence-electron chi connectivity index (χ1n) is 6.14. The van der Waals surface area contributed by atoms with E-state index in [4.69, 9.17) is 0 Å². The van der Waals surface area contributed by atoms with Crippen LogP contribution in [0.3, 0.4) is 0 Å². The molecule has 7 heteroatoms. The van der Waals surface area contributed by atoms with Gasteiger partial charge >= 0.3 is 17.9 Å². The van der Waals surface area contributed by atoms with Crippen molar-refractivity contribution in [3.05, 3.63) is 29.3 Å². The molecule has 0 spiro atoms. The summed E-state index contributed by atoms with van der Waals surface area (Å²) in [6.07, 6.45) is 0.159. The summed E-state index contributed by atoms with van der Waals surface area (Å²) in [5, 5.41) is 2.93. The molecule has 7 nitrogen and oxygen atoms in total. The maximum absolute atomic E-state index is 11.6. The Bertz CT molecular complexity index is 506. The van der Waals surface area contributed by atoms with Crippen molar-refractivity contribution in [2.75, 3.05) is 33.2 Å². The molecular weight excluding hydrogens is 278 g/mol. The number of hydrogen-bond donors (Lipinski definition) is 1. The van der Waals surface area contributed by atoms with E-state index in [1.54, 1.807) is 0 Å². The number of methoxy groups -OCH3 is 3. The predicted molar refractivity (Wildman–Crippen MR) is 74.2 cm³/mol. The summed E-state index contributed by atoms with van der Waals surface area (Å²) in [6.45, 7) is 0.303. The SMILES string of the molecule is COC(=O)CCNc1cc(C(=O)OC)cc(C(=O)OC)c1. The lowest BCUT2D eigenvalue weighted by Gasteiger charge is -2.10. The minimum absolute atomic E-state index is 0.159. The van der Waals surface area contributed by atoms with Crippen LogP contribution in [0, 0.1) is 0 Å². The number of ether oxygens (including phenoxy) is 3. The van der Waals surface area contributed by atoms with Crippen LogP contribution >= 0.6 is 0 Å². The van der Waals surface area contributed by atoms with Crippen LogP contribution in [-0.4, -0.2) is 45.8 Å². The molecule has 0 amide bonds. The molecule has 0 aliphatic rings. The van der Waals surface area contributed by atoms with E-state index in [-0.39, 0.29) is 23.5 Å². The van der Waals surface area contributed by atoms with Crippen molar-refractivity contribution in [2.24, 2.45) is 0 Å². The van der Waals surface area contributed by atoms with E-state index >= 15 is 0 Å². The highest BCUT2D eigenvalue weighted by molar-refractivity contribution is 5.96. The largest absolute Gasteiger partial charge is 0.469 e. The fraction of sp³-hybridized carbons (Fsp3) is 0.357. The number of hydrogen-bond acceptors (Lipinski definition) is 7. The third-order valence-corrected chi connectivity index (χ3v) is 2.66. The molecule has 0 aromatic heterocycles. The summed E-state index contributed by atoms with van der Waals surface area (Å²) in [6, 6.07) is 4.42. The van der Waals surface area contributed by atoms with Crippen molar-refractivity contribution in [3.63, 3.8) is 0 Å². The number of rotatable bonds is 6. The first-order valence-corrected chi connectivity index (χ1v) is 6.14. The predicted octanol–water partition coefficient (Wildman–Crippen LogP) is 1.23. The van der Waals surface area contributed by atoms with Gasteiger partial charge in [0, 0.05) is 12.2 Å². The van der Waals surface area contributed by atoms with E-state index in [0.717, 1.165) is 0 Å². The molecule has 0 unspecified atom stereocenters. The molecule has 1 aromatic rings. The van der Waals surface area contributed by atoms with Gasteiger partial charge in [0.1, 0.15) is 0 Å². The van der Waals surface area contributed by atoms with Crippen LogP contribution in [0.15, 0.2) is 18.2 Å². The maximum Gasteiger partial charge on any atom is 0.337 e. The molecule has 0 atom stereocenters. The molecule has 0 saturated heterocycles. The zero-order valence-electron chi connectivity index (χ0n) is 12.1. The molecule has 0 bridgehead atoms. The van der Waals surface area contributed by atoms with Crippen molar-refractivity contribution in [2.45, 2.75) is 6.42 Å². The van der Waals surface area contributed by atoms with Crippen LogP contribution in [0.25, 0.3) is 0 Å². The standard InChI is InChI=1S/C14H17NO6/c1-19-12(16)4-5-15-11-7-9(13(17)20-2)6-10(8-11)14(18)21-3/h6-8,15H,4-5H2,1-3H3. The minimum atomic E-state index is -0.572. The molecule has 114 valence electrons. The number of anilines is 1. The highest BCUT2D eigenvalue weighted by atomic mass is 16.5. The van der Waals surface area contributed by atoms with Gasteiger partial charge in [-0.05, 0) is 18.2 Å². The summed E-state index contributed by atoms with van der Waals surface area (Å²) in [4.78, 5) is 34.2. The first kappa shape index (κ1) is 16.5. The summed E-state index contributed by atoms with van der Waals surface area (Å²) < 4.78 is 13.8. The van der Waals surface area contributed by atoms with Crippen LogP contribution in [-0.2, 0) is 19.0 Å². The number of esters is 3. The van der Waals surface area contributed by atoms with Gasteiger partial charge in [-0.2, -0.15) is 0 Å². The molecule has 1 N–H and O–H groups in total. The fourth-order valence-electron chi connectivity index (χ4n) is 1.61. The van der Waals surface area contributed by atoms with Gasteiger partial charge < -0.3 is 19.5 Å². The monoisotopic (exact) mass is 295 g/mol. The highest BCUT2D eigenvalue weighted by Crippen LogP contribution is 2.17. The van der Waals surface area contributed by atoms with Gasteiger partial charge in [-0.1, -0.05) is 0 Å². The van der Waals surface area contributed by atoms with Crippen LogP contribution in [0.1, 0.15) is 27.1 Å². The Kier molecular flexibility index (Phi) is 6.19. The molecule has 0 aliphatic heterocycles. The average molecular weight is 295 g/mol. The summed E-state index contributed by atoms with van der Waals surface area (Å²) in [5.41, 5.74) is 0.920. The van der Waals surface area contributed by atoms with Gasteiger partial charge in [-0.3, -0.25) is 4.79 Å². The van der Waals surface area contributed by atoms with Crippen LogP contribution in [0.2, 0.25) is 0 Å². The average Bonchev–Trinajstić information content (AvgIpc) is 2.52. The Balaban J connectivity index is 2.93. The second-order valence-electron chi connectivity index (χ2n) is 4.04. The topological polar surface area (TPSA) is 90.9 Å². The zero-order chi connectivity index (χ0) is 15.8. The molecule has 0 saturated carbocycles. The van der Waals surface area contributed by atoms with Gasteiger partial charge in [0.15, 0.2) is 0 Å². The Hall–Kier alpha value is -2.57. The second kappa shape index (κ2) is 7.88. The summed E-state index contributed by atoms with van der Waals surface area (Å²) in [5.74, 6) is -1.51. The van der Waals surface area contributed by atoms with Crippen molar-refractivity contribution in [3.8, 4) is 0 Å². The Morgan fingerprint density at radius 2 is 1.43 bits per heavy atom. The second-order valence-corrected chi connectivity index (χ2v) is 4.04. The van der Waals surface area contributed by atoms with Crippen molar-refractivity contribution < 1.29 is 28.6 Å². The molecule has 0 heterocycles. The quantitative estimate of drug-likeness (QED) is 0.623. The Labute approximate surface area is 122 Å². The zero-order valence-corrected chi connectivity index (χ0v) is 12.1. The maximum atomic E-state index is 11.6. The molecule has 1 rings (SSSR count). The van der Waals surface area contributed by atoms with Crippen LogP contribution in [0.4, 0.5) is 5.69 Å². The van der Waals surface area contributed by atoms with Crippen LogP contribution < -0.4 is 5.32 Å². The summed E-state index contributed by atoms with van der Waals surface area (Å²) in [7, 11) is 3.80. The fourth-order valence-corrected chi connectivity index (χ4v) is 1.61. The molecule has 1 aromatic carbocycles. The third kappa shape index (κ3) is 4.79. The van der Waals surface area contributed by atoms with Crippen molar-refractivity contribution >= 4 is 23.6 Å². The van der Waals surface area contributed by atoms with Gasteiger partial charge in [0.05, 0.1) is 38.9 Å². The van der Waals surface area contributed by atoms with E-state index in [1.165, 1.54) is 39.5 Å². The normalized spacial score (nSPS) is 9.67. The number of nitrogens with one attached hydrogen (secondary N) is 1. The van der Waals surface area contributed by atoms with Crippen molar-refractivity contribution in [1.82, 2.24) is 0 Å². The minimum Gasteiger partial charge on any atom is -0.469 e. The van der Waals surface area contributed by atoms with E-state index in [0.29, 0.717) is 12.2 Å².